The van der Waals surface area contributed by atoms with E-state index in [-0.39, 0.29) is 23.7 Å². The van der Waals surface area contributed by atoms with Gasteiger partial charge in [-0.3, -0.25) is 14.9 Å². The van der Waals surface area contributed by atoms with Gasteiger partial charge < -0.3 is 9.47 Å². The smallest absolute Gasteiger partial charge is 0.335 e. The third-order valence-corrected chi connectivity index (χ3v) is 6.69. The minimum atomic E-state index is -0.864. The van der Waals surface area contributed by atoms with Gasteiger partial charge in [-0.15, -0.1) is 0 Å². The number of methoxy groups -OCH3 is 1. The number of imide groups is 2. The lowest BCUT2D eigenvalue weighted by Crippen LogP contribution is -2.54. The van der Waals surface area contributed by atoms with E-state index in [0.717, 1.165) is 4.90 Å². The van der Waals surface area contributed by atoms with Crippen molar-refractivity contribution < 1.29 is 28.2 Å². The Morgan fingerprint density at radius 2 is 1.86 bits per heavy atom. The molecule has 1 aliphatic rings. The predicted octanol–water partition coefficient (Wildman–Crippen LogP) is 5.65. The van der Waals surface area contributed by atoms with Crippen LogP contribution in [0.4, 0.5) is 14.9 Å². The number of urea groups is 1. The van der Waals surface area contributed by atoms with Crippen LogP contribution < -0.4 is 19.7 Å². The van der Waals surface area contributed by atoms with Crippen molar-refractivity contribution >= 4 is 63.8 Å². The Bertz CT molecular complexity index is 1430. The summed E-state index contributed by atoms with van der Waals surface area (Å²) in [4.78, 5) is 39.2. The van der Waals surface area contributed by atoms with Crippen LogP contribution in [-0.2, 0) is 16.2 Å². The zero-order valence-electron chi connectivity index (χ0n) is 19.1. The average molecular weight is 621 g/mol. The van der Waals surface area contributed by atoms with E-state index in [1.54, 1.807) is 55.5 Å². The molecule has 0 spiro atoms. The fourth-order valence-corrected chi connectivity index (χ4v) is 4.56. The van der Waals surface area contributed by atoms with Crippen molar-refractivity contribution in [3.8, 4) is 11.5 Å². The minimum absolute atomic E-state index is 0.0174. The second-order valence-corrected chi connectivity index (χ2v) is 9.33. The topological polar surface area (TPSA) is 84.9 Å². The van der Waals surface area contributed by atoms with E-state index in [1.807, 2.05) is 22.6 Å². The molecule has 1 heterocycles. The zero-order chi connectivity index (χ0) is 26.0. The number of hydrogen-bond donors (Lipinski definition) is 1. The predicted molar refractivity (Wildman–Crippen MR) is 142 cm³/mol. The third-order valence-electron chi connectivity index (χ3n) is 5.47. The lowest BCUT2D eigenvalue weighted by molar-refractivity contribution is -0.122. The summed E-state index contributed by atoms with van der Waals surface area (Å²) in [6, 6.07) is 13.5. The van der Waals surface area contributed by atoms with Gasteiger partial charge in [-0.1, -0.05) is 35.9 Å². The van der Waals surface area contributed by atoms with Gasteiger partial charge in [0, 0.05) is 10.6 Å². The second-order valence-electron chi connectivity index (χ2n) is 7.76. The van der Waals surface area contributed by atoms with Gasteiger partial charge in [-0.05, 0) is 77.0 Å². The van der Waals surface area contributed by atoms with E-state index in [1.165, 1.54) is 19.3 Å². The number of nitrogens with zero attached hydrogens (tertiary/aromatic N) is 1. The highest BCUT2D eigenvalue weighted by Crippen LogP contribution is 2.36. The van der Waals surface area contributed by atoms with Crippen molar-refractivity contribution in [1.29, 1.82) is 0 Å². The first-order valence-corrected chi connectivity index (χ1v) is 12.1. The molecule has 0 radical (unpaired) electrons. The molecule has 4 rings (SSSR count). The lowest BCUT2D eigenvalue weighted by Gasteiger charge is -2.27. The maximum atomic E-state index is 14.0. The van der Waals surface area contributed by atoms with Gasteiger partial charge in [-0.2, -0.15) is 0 Å². The molecule has 7 nitrogen and oxygen atoms in total. The molecule has 184 valence electrons. The monoisotopic (exact) mass is 620 g/mol. The van der Waals surface area contributed by atoms with E-state index < -0.39 is 17.8 Å². The Balaban J connectivity index is 1.67. The molecule has 36 heavy (non-hydrogen) atoms. The Hall–Kier alpha value is -3.44. The normalized spacial score (nSPS) is 14.8. The number of benzene rings is 3. The maximum Gasteiger partial charge on any atom is 0.335 e. The van der Waals surface area contributed by atoms with E-state index in [0.29, 0.717) is 36.8 Å². The number of carbonyl (C=O) groups is 3. The Morgan fingerprint density at radius 3 is 2.58 bits per heavy atom. The molecule has 1 saturated heterocycles. The molecule has 10 heteroatoms. The first-order valence-electron chi connectivity index (χ1n) is 10.6. The first-order chi connectivity index (χ1) is 17.2. The van der Waals surface area contributed by atoms with Crippen molar-refractivity contribution in [3.63, 3.8) is 0 Å². The molecular weight excluding hydrogens is 602 g/mol. The molecule has 0 aliphatic carbocycles. The summed E-state index contributed by atoms with van der Waals surface area (Å²) in [5.41, 5.74) is 1.39. The summed E-state index contributed by atoms with van der Waals surface area (Å²) < 4.78 is 25.9. The number of ether oxygens (including phenoxy) is 2. The molecular formula is C26H19ClFIN2O5. The summed E-state index contributed by atoms with van der Waals surface area (Å²) in [6.07, 6.45) is 1.36. The van der Waals surface area contributed by atoms with Crippen LogP contribution in [0.5, 0.6) is 11.5 Å². The SMILES string of the molecule is COc1cc(/C=C2\C(=O)NC(=O)N(c3cccc(Cl)c3C)C2=O)cc(I)c1OCc1ccccc1F. The number of carbonyl (C=O) groups excluding carboxylic acids is 3. The van der Waals surface area contributed by atoms with Gasteiger partial charge in [0.1, 0.15) is 18.0 Å². The standard InChI is InChI=1S/C26H19ClFIN2O5/c1-14-18(27)7-5-9-21(14)31-25(33)17(24(32)30-26(31)34)10-15-11-20(29)23(22(12-15)35-2)36-13-16-6-3-4-8-19(16)28/h3-12H,13H2,1-2H3,(H,30,32,34)/b17-10+. The Morgan fingerprint density at radius 1 is 1.11 bits per heavy atom. The van der Waals surface area contributed by atoms with Gasteiger partial charge in [0.15, 0.2) is 11.5 Å². The number of nitrogens with one attached hydrogen (secondary N) is 1. The van der Waals surface area contributed by atoms with Crippen molar-refractivity contribution in [2.45, 2.75) is 13.5 Å². The van der Waals surface area contributed by atoms with Gasteiger partial charge in [0.2, 0.25) is 0 Å². The Kier molecular flexibility index (Phi) is 7.60. The number of barbiturate groups is 1. The van der Waals surface area contributed by atoms with Crippen LogP contribution in [-0.4, -0.2) is 25.0 Å². The molecule has 0 unspecified atom stereocenters. The highest BCUT2D eigenvalue weighted by atomic mass is 127. The molecule has 0 atom stereocenters. The fraction of sp³-hybridized carbons (Fsp3) is 0.115. The van der Waals surface area contributed by atoms with Crippen LogP contribution in [0.3, 0.4) is 0 Å². The van der Waals surface area contributed by atoms with E-state index >= 15 is 0 Å². The van der Waals surface area contributed by atoms with E-state index in [9.17, 15) is 18.8 Å². The van der Waals surface area contributed by atoms with Crippen LogP contribution in [0, 0.1) is 16.3 Å². The summed E-state index contributed by atoms with van der Waals surface area (Å²) in [5, 5.41) is 2.57. The molecule has 1 fully saturated rings. The third kappa shape index (κ3) is 5.07. The van der Waals surface area contributed by atoms with Crippen LogP contribution in [0.2, 0.25) is 5.02 Å². The summed E-state index contributed by atoms with van der Waals surface area (Å²) in [5.74, 6) is -1.29. The summed E-state index contributed by atoms with van der Waals surface area (Å²) >= 11 is 8.19. The summed E-state index contributed by atoms with van der Waals surface area (Å²) in [6.45, 7) is 1.65. The second kappa shape index (κ2) is 10.7. The van der Waals surface area contributed by atoms with Crippen LogP contribution in [0.15, 0.2) is 60.2 Å². The largest absolute Gasteiger partial charge is 0.493 e. The first kappa shape index (κ1) is 25.6. The molecule has 0 saturated carbocycles. The molecule has 0 bridgehead atoms. The highest BCUT2D eigenvalue weighted by molar-refractivity contribution is 14.1. The number of hydrogen-bond acceptors (Lipinski definition) is 5. The molecule has 1 N–H and O–H groups in total. The number of anilines is 1. The van der Waals surface area contributed by atoms with Crippen molar-refractivity contribution in [2.75, 3.05) is 12.0 Å². The number of rotatable bonds is 6. The lowest BCUT2D eigenvalue weighted by atomic mass is 10.1. The zero-order valence-corrected chi connectivity index (χ0v) is 22.0. The number of halogens is 3. The van der Waals surface area contributed by atoms with Crippen molar-refractivity contribution in [1.82, 2.24) is 5.32 Å². The molecule has 1 aliphatic heterocycles. The Labute approximate surface area is 225 Å². The van der Waals surface area contributed by atoms with Gasteiger partial charge in [0.05, 0.1) is 16.4 Å². The summed E-state index contributed by atoms with van der Waals surface area (Å²) in [7, 11) is 1.44. The van der Waals surface area contributed by atoms with Gasteiger partial charge in [-0.25, -0.2) is 14.1 Å². The van der Waals surface area contributed by atoms with Crippen LogP contribution >= 0.6 is 34.2 Å². The molecule has 3 aromatic carbocycles. The van der Waals surface area contributed by atoms with Crippen LogP contribution in [0.1, 0.15) is 16.7 Å². The fourth-order valence-electron chi connectivity index (χ4n) is 3.61. The maximum absolute atomic E-state index is 14.0. The molecule has 4 amide bonds. The highest BCUT2D eigenvalue weighted by Gasteiger charge is 2.37. The van der Waals surface area contributed by atoms with E-state index in [4.69, 9.17) is 21.1 Å². The van der Waals surface area contributed by atoms with Crippen molar-refractivity contribution in [2.24, 2.45) is 0 Å². The van der Waals surface area contributed by atoms with Gasteiger partial charge >= 0.3 is 6.03 Å². The van der Waals surface area contributed by atoms with Gasteiger partial charge in [0.25, 0.3) is 11.8 Å². The van der Waals surface area contributed by atoms with Crippen LogP contribution in [0.25, 0.3) is 6.08 Å². The minimum Gasteiger partial charge on any atom is -0.493 e. The number of amides is 4. The average Bonchev–Trinajstić information content (AvgIpc) is 2.84. The molecule has 0 aromatic heterocycles. The van der Waals surface area contributed by atoms with E-state index in [2.05, 4.69) is 5.32 Å². The quantitative estimate of drug-likeness (QED) is 0.219. The van der Waals surface area contributed by atoms with Crippen molar-refractivity contribution in [3.05, 3.63) is 91.3 Å². The molecule has 3 aromatic rings.